The van der Waals surface area contributed by atoms with Gasteiger partial charge in [0.2, 0.25) is 0 Å². The molecule has 0 unspecified atom stereocenters. The summed E-state index contributed by atoms with van der Waals surface area (Å²) in [5.41, 5.74) is 3.40. The minimum absolute atomic E-state index is 0.550. The summed E-state index contributed by atoms with van der Waals surface area (Å²) >= 11 is 6.34. The SMILES string of the molecule is CCn1cc(COc2ccccc2C)c2cccc(Cl)c21. The lowest BCUT2D eigenvalue weighted by atomic mass is 10.2. The first-order valence-electron chi connectivity index (χ1n) is 7.15. The van der Waals surface area contributed by atoms with Gasteiger partial charge in [0, 0.05) is 23.7 Å². The van der Waals surface area contributed by atoms with Gasteiger partial charge in [0.05, 0.1) is 10.5 Å². The average Bonchev–Trinajstić information content (AvgIpc) is 2.86. The van der Waals surface area contributed by atoms with Gasteiger partial charge in [-0.05, 0) is 31.5 Å². The number of ether oxygens (including phenoxy) is 1. The molecule has 2 nitrogen and oxygen atoms in total. The van der Waals surface area contributed by atoms with Gasteiger partial charge in [-0.3, -0.25) is 0 Å². The molecule has 0 aliphatic heterocycles. The van der Waals surface area contributed by atoms with Gasteiger partial charge in [0.1, 0.15) is 12.4 Å². The summed E-state index contributed by atoms with van der Waals surface area (Å²) in [5.74, 6) is 0.928. The number of aromatic nitrogens is 1. The highest BCUT2D eigenvalue weighted by Gasteiger charge is 2.11. The van der Waals surface area contributed by atoms with Crippen LogP contribution in [0.2, 0.25) is 5.02 Å². The fourth-order valence-corrected chi connectivity index (χ4v) is 2.91. The Kier molecular flexibility index (Phi) is 3.89. The van der Waals surface area contributed by atoms with Gasteiger partial charge in [-0.2, -0.15) is 0 Å². The van der Waals surface area contributed by atoms with Crippen LogP contribution in [0.1, 0.15) is 18.1 Å². The van der Waals surface area contributed by atoms with Gasteiger partial charge in [0.15, 0.2) is 0 Å². The van der Waals surface area contributed by atoms with Crippen molar-refractivity contribution in [2.75, 3.05) is 0 Å². The van der Waals surface area contributed by atoms with Gasteiger partial charge in [0.25, 0.3) is 0 Å². The average molecular weight is 300 g/mol. The Morgan fingerprint density at radius 2 is 1.90 bits per heavy atom. The maximum absolute atomic E-state index is 6.34. The Hall–Kier alpha value is -1.93. The first-order valence-corrected chi connectivity index (χ1v) is 7.53. The van der Waals surface area contributed by atoms with Crippen molar-refractivity contribution in [2.45, 2.75) is 27.0 Å². The molecule has 0 saturated heterocycles. The summed E-state index contributed by atoms with van der Waals surface area (Å²) in [6.45, 7) is 5.62. The highest BCUT2D eigenvalue weighted by molar-refractivity contribution is 6.35. The first-order chi connectivity index (χ1) is 10.2. The van der Waals surface area contributed by atoms with E-state index in [1.165, 1.54) is 0 Å². The summed E-state index contributed by atoms with van der Waals surface area (Å²) < 4.78 is 8.15. The third-order valence-corrected chi connectivity index (χ3v) is 4.05. The smallest absolute Gasteiger partial charge is 0.122 e. The number of aryl methyl sites for hydroxylation is 2. The molecule has 108 valence electrons. The quantitative estimate of drug-likeness (QED) is 0.645. The number of benzene rings is 2. The van der Waals surface area contributed by atoms with Crippen molar-refractivity contribution in [2.24, 2.45) is 0 Å². The molecule has 0 aliphatic rings. The van der Waals surface area contributed by atoms with Crippen LogP contribution in [0.25, 0.3) is 10.9 Å². The van der Waals surface area contributed by atoms with Crippen molar-refractivity contribution in [3.05, 3.63) is 64.8 Å². The number of para-hydroxylation sites is 2. The molecule has 0 saturated carbocycles. The molecular weight excluding hydrogens is 282 g/mol. The zero-order chi connectivity index (χ0) is 14.8. The third kappa shape index (κ3) is 2.64. The van der Waals surface area contributed by atoms with E-state index in [4.69, 9.17) is 16.3 Å². The number of halogens is 1. The van der Waals surface area contributed by atoms with E-state index in [1.807, 2.05) is 30.3 Å². The summed E-state index contributed by atoms with van der Waals surface area (Å²) in [5, 5.41) is 1.95. The Morgan fingerprint density at radius 1 is 1.10 bits per heavy atom. The maximum atomic E-state index is 6.34. The van der Waals surface area contributed by atoms with Gasteiger partial charge in [-0.1, -0.05) is 41.9 Å². The van der Waals surface area contributed by atoms with Gasteiger partial charge in [-0.15, -0.1) is 0 Å². The maximum Gasteiger partial charge on any atom is 0.122 e. The highest BCUT2D eigenvalue weighted by Crippen LogP contribution is 2.29. The number of rotatable bonds is 4. The molecule has 0 atom stereocenters. The molecule has 3 rings (SSSR count). The Morgan fingerprint density at radius 3 is 2.67 bits per heavy atom. The van der Waals surface area contributed by atoms with Crippen LogP contribution in [-0.2, 0) is 13.2 Å². The van der Waals surface area contributed by atoms with Crippen molar-refractivity contribution in [3.63, 3.8) is 0 Å². The molecule has 0 aliphatic carbocycles. The van der Waals surface area contributed by atoms with Crippen LogP contribution in [0.15, 0.2) is 48.7 Å². The minimum Gasteiger partial charge on any atom is -0.489 e. The zero-order valence-corrected chi connectivity index (χ0v) is 13.0. The van der Waals surface area contributed by atoms with Crippen LogP contribution in [-0.4, -0.2) is 4.57 Å². The van der Waals surface area contributed by atoms with Crippen molar-refractivity contribution < 1.29 is 4.74 Å². The lowest BCUT2D eigenvalue weighted by molar-refractivity contribution is 0.305. The number of hydrogen-bond acceptors (Lipinski definition) is 1. The highest BCUT2D eigenvalue weighted by atomic mass is 35.5. The molecule has 3 aromatic rings. The van der Waals surface area contributed by atoms with Crippen LogP contribution in [0.5, 0.6) is 5.75 Å². The van der Waals surface area contributed by atoms with Crippen molar-refractivity contribution in [1.29, 1.82) is 0 Å². The van der Waals surface area contributed by atoms with Crippen LogP contribution < -0.4 is 4.74 Å². The summed E-state index contributed by atoms with van der Waals surface area (Å²) in [4.78, 5) is 0. The molecule has 0 radical (unpaired) electrons. The van der Waals surface area contributed by atoms with E-state index >= 15 is 0 Å². The standard InChI is InChI=1S/C18H18ClNO/c1-3-20-11-14(15-8-6-9-16(19)18(15)20)12-21-17-10-5-4-7-13(17)2/h4-11H,3,12H2,1-2H3. The molecular formula is C18H18ClNO. The molecule has 0 N–H and O–H groups in total. The molecule has 0 bridgehead atoms. The van der Waals surface area contributed by atoms with E-state index in [9.17, 15) is 0 Å². The zero-order valence-electron chi connectivity index (χ0n) is 12.3. The van der Waals surface area contributed by atoms with E-state index in [-0.39, 0.29) is 0 Å². The van der Waals surface area contributed by atoms with Crippen molar-refractivity contribution >= 4 is 22.5 Å². The summed E-state index contributed by atoms with van der Waals surface area (Å²) in [7, 11) is 0. The number of hydrogen-bond donors (Lipinski definition) is 0. The fraction of sp³-hybridized carbons (Fsp3) is 0.222. The molecule has 3 heteroatoms. The van der Waals surface area contributed by atoms with Crippen LogP contribution in [0.4, 0.5) is 0 Å². The largest absolute Gasteiger partial charge is 0.489 e. The molecule has 21 heavy (non-hydrogen) atoms. The van der Waals surface area contributed by atoms with Crippen molar-refractivity contribution in [1.82, 2.24) is 4.57 Å². The molecule has 0 spiro atoms. The monoisotopic (exact) mass is 299 g/mol. The lowest BCUT2D eigenvalue weighted by Gasteiger charge is -2.08. The normalized spacial score (nSPS) is 11.0. The molecule has 0 fully saturated rings. The fourth-order valence-electron chi connectivity index (χ4n) is 2.63. The van der Waals surface area contributed by atoms with Gasteiger partial charge < -0.3 is 9.30 Å². The topological polar surface area (TPSA) is 14.2 Å². The molecule has 1 heterocycles. The number of fused-ring (bicyclic) bond motifs is 1. The van der Waals surface area contributed by atoms with E-state index < -0.39 is 0 Å². The second-order valence-corrected chi connectivity index (χ2v) is 5.54. The van der Waals surface area contributed by atoms with Crippen LogP contribution >= 0.6 is 11.6 Å². The number of nitrogens with zero attached hydrogens (tertiary/aromatic N) is 1. The Balaban J connectivity index is 1.95. The lowest BCUT2D eigenvalue weighted by Crippen LogP contribution is -1.96. The second-order valence-electron chi connectivity index (χ2n) is 5.13. The van der Waals surface area contributed by atoms with Gasteiger partial charge in [-0.25, -0.2) is 0 Å². The summed E-state index contributed by atoms with van der Waals surface area (Å²) in [6.07, 6.45) is 2.13. The van der Waals surface area contributed by atoms with E-state index in [0.29, 0.717) is 6.61 Å². The van der Waals surface area contributed by atoms with E-state index in [1.54, 1.807) is 0 Å². The first kappa shape index (κ1) is 14.0. The summed E-state index contributed by atoms with van der Waals surface area (Å²) in [6, 6.07) is 14.1. The Bertz CT molecular complexity index is 776. The predicted molar refractivity (Wildman–Crippen MR) is 88.1 cm³/mol. The van der Waals surface area contributed by atoms with E-state index in [2.05, 4.69) is 36.7 Å². The van der Waals surface area contributed by atoms with Crippen LogP contribution in [0, 0.1) is 6.92 Å². The predicted octanol–water partition coefficient (Wildman–Crippen LogP) is 5.20. The second kappa shape index (κ2) is 5.82. The van der Waals surface area contributed by atoms with E-state index in [0.717, 1.165) is 39.3 Å². The Labute approximate surface area is 129 Å². The third-order valence-electron chi connectivity index (χ3n) is 3.75. The minimum atomic E-state index is 0.550. The van der Waals surface area contributed by atoms with Crippen LogP contribution in [0.3, 0.4) is 0 Å². The van der Waals surface area contributed by atoms with Crippen molar-refractivity contribution in [3.8, 4) is 5.75 Å². The molecule has 2 aromatic carbocycles. The molecule has 0 amide bonds. The molecule has 1 aromatic heterocycles. The van der Waals surface area contributed by atoms with Gasteiger partial charge >= 0.3 is 0 Å².